The lowest BCUT2D eigenvalue weighted by Gasteiger charge is -2.16. The van der Waals surface area contributed by atoms with Gasteiger partial charge in [-0.05, 0) is 55.2 Å². The van der Waals surface area contributed by atoms with Crippen molar-refractivity contribution in [2.24, 2.45) is 0 Å². The molecule has 0 spiro atoms. The summed E-state index contributed by atoms with van der Waals surface area (Å²) >= 11 is 0. The fraction of sp³-hybridized carbons (Fsp3) is 0.333. The molecule has 0 aromatic heterocycles. The van der Waals surface area contributed by atoms with Gasteiger partial charge in [0.2, 0.25) is 5.91 Å². The van der Waals surface area contributed by atoms with E-state index < -0.39 is 0 Å². The maximum atomic E-state index is 12.5. The predicted molar refractivity (Wildman–Crippen MR) is 99.9 cm³/mol. The second-order valence-corrected chi connectivity index (χ2v) is 6.68. The second-order valence-electron chi connectivity index (χ2n) is 6.68. The Labute approximate surface area is 148 Å². The van der Waals surface area contributed by atoms with Crippen LogP contribution in [0, 0.1) is 13.8 Å². The minimum atomic E-state index is -0.106. The summed E-state index contributed by atoms with van der Waals surface area (Å²) in [5.41, 5.74) is 5.97. The molecule has 130 valence electrons. The lowest BCUT2D eigenvalue weighted by Crippen LogP contribution is -2.27. The van der Waals surface area contributed by atoms with Crippen molar-refractivity contribution in [1.29, 1.82) is 0 Å². The highest BCUT2D eigenvalue weighted by molar-refractivity contribution is 6.03. The summed E-state index contributed by atoms with van der Waals surface area (Å²) in [7, 11) is 0. The van der Waals surface area contributed by atoms with Crippen LogP contribution in [0.15, 0.2) is 36.4 Å². The number of anilines is 1. The lowest BCUT2D eigenvalue weighted by atomic mass is 10.0. The van der Waals surface area contributed by atoms with Crippen LogP contribution in [0.5, 0.6) is 0 Å². The Kier molecular flexibility index (Phi) is 4.88. The van der Waals surface area contributed by atoms with Gasteiger partial charge in [-0.1, -0.05) is 30.7 Å². The number of fused-ring (bicyclic) bond motifs is 1. The fourth-order valence-corrected chi connectivity index (χ4v) is 3.26. The maximum Gasteiger partial charge on any atom is 0.251 e. The van der Waals surface area contributed by atoms with Crippen molar-refractivity contribution in [3.05, 3.63) is 64.2 Å². The highest BCUT2D eigenvalue weighted by Gasteiger charge is 2.27. The number of hydrogen-bond donors (Lipinski definition) is 1. The molecule has 0 unspecified atom stereocenters. The van der Waals surface area contributed by atoms with E-state index >= 15 is 0 Å². The molecule has 0 radical (unpaired) electrons. The molecule has 0 fully saturated rings. The molecule has 1 aliphatic rings. The number of benzene rings is 2. The van der Waals surface area contributed by atoms with Gasteiger partial charge < -0.3 is 10.2 Å². The Morgan fingerprint density at radius 2 is 1.96 bits per heavy atom. The van der Waals surface area contributed by atoms with Crippen LogP contribution in [0.2, 0.25) is 0 Å². The van der Waals surface area contributed by atoms with E-state index in [1.54, 1.807) is 6.07 Å². The first kappa shape index (κ1) is 17.2. The summed E-state index contributed by atoms with van der Waals surface area (Å²) in [5, 5.41) is 2.98. The smallest absolute Gasteiger partial charge is 0.251 e. The third-order valence-corrected chi connectivity index (χ3v) is 4.67. The first-order valence-corrected chi connectivity index (χ1v) is 8.77. The number of nitrogens with zero attached hydrogens (tertiary/aromatic N) is 1. The van der Waals surface area contributed by atoms with Gasteiger partial charge in [0, 0.05) is 24.3 Å². The molecule has 2 aromatic carbocycles. The summed E-state index contributed by atoms with van der Waals surface area (Å²) in [6.45, 7) is 7.38. The van der Waals surface area contributed by atoms with Gasteiger partial charge >= 0.3 is 0 Å². The molecule has 1 aliphatic heterocycles. The van der Waals surface area contributed by atoms with E-state index in [1.165, 1.54) is 11.1 Å². The van der Waals surface area contributed by atoms with Gasteiger partial charge in [0.05, 0.1) is 6.42 Å². The predicted octanol–water partition coefficient (Wildman–Crippen LogP) is 3.53. The molecule has 2 amide bonds. The summed E-state index contributed by atoms with van der Waals surface area (Å²) in [5.74, 6) is 0.00916. The van der Waals surface area contributed by atoms with Crippen molar-refractivity contribution in [3.63, 3.8) is 0 Å². The van der Waals surface area contributed by atoms with Crippen molar-refractivity contribution < 1.29 is 9.59 Å². The number of amides is 2. The average molecular weight is 336 g/mol. The minimum absolute atomic E-state index is 0.106. The van der Waals surface area contributed by atoms with Crippen molar-refractivity contribution in [1.82, 2.24) is 5.32 Å². The zero-order valence-electron chi connectivity index (χ0n) is 15.1. The number of hydrogen-bond acceptors (Lipinski definition) is 2. The molecule has 3 rings (SSSR count). The van der Waals surface area contributed by atoms with Crippen LogP contribution in [0.3, 0.4) is 0 Å². The van der Waals surface area contributed by atoms with E-state index in [1.807, 2.05) is 30.9 Å². The van der Waals surface area contributed by atoms with Crippen molar-refractivity contribution >= 4 is 17.5 Å². The van der Waals surface area contributed by atoms with E-state index in [0.29, 0.717) is 18.5 Å². The van der Waals surface area contributed by atoms with Crippen LogP contribution < -0.4 is 10.2 Å². The third kappa shape index (κ3) is 3.58. The summed E-state index contributed by atoms with van der Waals surface area (Å²) in [4.78, 5) is 26.4. The highest BCUT2D eigenvalue weighted by Crippen LogP contribution is 2.29. The molecule has 25 heavy (non-hydrogen) atoms. The molecule has 0 atom stereocenters. The molecule has 0 saturated carbocycles. The summed E-state index contributed by atoms with van der Waals surface area (Å²) < 4.78 is 0. The molecule has 0 saturated heterocycles. The largest absolute Gasteiger partial charge is 0.348 e. The number of rotatable bonds is 5. The van der Waals surface area contributed by atoms with Crippen LogP contribution >= 0.6 is 0 Å². The molecule has 1 N–H and O–H groups in total. The highest BCUT2D eigenvalue weighted by atomic mass is 16.2. The Hall–Kier alpha value is -2.62. The van der Waals surface area contributed by atoms with Crippen LogP contribution in [0.25, 0.3) is 0 Å². The SMILES string of the molecule is CCCN1C(=O)Cc2cc(C(=O)NCc3cc(C)ccc3C)ccc21. The first-order valence-electron chi connectivity index (χ1n) is 8.77. The Morgan fingerprint density at radius 1 is 1.16 bits per heavy atom. The van der Waals surface area contributed by atoms with Gasteiger partial charge in [0.15, 0.2) is 0 Å². The standard InChI is InChI=1S/C21H24N2O2/c1-4-9-23-19-8-7-16(11-17(19)12-20(23)24)21(25)22-13-18-10-14(2)5-6-15(18)3/h5-8,10-11H,4,9,12-13H2,1-3H3,(H,22,25). The molecule has 1 heterocycles. The van der Waals surface area contributed by atoms with E-state index in [4.69, 9.17) is 0 Å². The molecule has 0 aliphatic carbocycles. The molecule has 4 nitrogen and oxygen atoms in total. The summed E-state index contributed by atoms with van der Waals surface area (Å²) in [6, 6.07) is 11.8. The molecular formula is C21H24N2O2. The minimum Gasteiger partial charge on any atom is -0.348 e. The van der Waals surface area contributed by atoms with Crippen LogP contribution in [-0.2, 0) is 17.8 Å². The molecule has 2 aromatic rings. The quantitative estimate of drug-likeness (QED) is 0.908. The van der Waals surface area contributed by atoms with E-state index in [0.717, 1.165) is 29.8 Å². The molecular weight excluding hydrogens is 312 g/mol. The number of nitrogens with one attached hydrogen (secondary N) is 1. The molecule has 4 heteroatoms. The van der Waals surface area contributed by atoms with Gasteiger partial charge in [-0.25, -0.2) is 0 Å². The molecule has 0 bridgehead atoms. The number of aryl methyl sites for hydroxylation is 2. The van der Waals surface area contributed by atoms with Crippen molar-refractivity contribution in [3.8, 4) is 0 Å². The Bertz CT molecular complexity index is 827. The van der Waals surface area contributed by atoms with Crippen LogP contribution in [-0.4, -0.2) is 18.4 Å². The van der Waals surface area contributed by atoms with Crippen LogP contribution in [0.1, 0.15) is 46.0 Å². The lowest BCUT2D eigenvalue weighted by molar-refractivity contribution is -0.117. The van der Waals surface area contributed by atoms with E-state index in [2.05, 4.69) is 30.4 Å². The van der Waals surface area contributed by atoms with Gasteiger partial charge in [0.25, 0.3) is 5.91 Å². The Balaban J connectivity index is 1.73. The van der Waals surface area contributed by atoms with Gasteiger partial charge in [-0.2, -0.15) is 0 Å². The second kappa shape index (κ2) is 7.09. The normalized spacial score (nSPS) is 13.1. The van der Waals surface area contributed by atoms with Crippen molar-refractivity contribution in [2.75, 3.05) is 11.4 Å². The maximum absolute atomic E-state index is 12.5. The number of carbonyl (C=O) groups is 2. The van der Waals surface area contributed by atoms with Gasteiger partial charge in [-0.3, -0.25) is 9.59 Å². The zero-order chi connectivity index (χ0) is 18.0. The zero-order valence-corrected chi connectivity index (χ0v) is 15.1. The monoisotopic (exact) mass is 336 g/mol. The van der Waals surface area contributed by atoms with E-state index in [9.17, 15) is 9.59 Å². The topological polar surface area (TPSA) is 49.4 Å². The fourth-order valence-electron chi connectivity index (χ4n) is 3.26. The van der Waals surface area contributed by atoms with E-state index in [-0.39, 0.29) is 11.8 Å². The van der Waals surface area contributed by atoms with Gasteiger partial charge in [-0.15, -0.1) is 0 Å². The Morgan fingerprint density at radius 3 is 2.72 bits per heavy atom. The van der Waals surface area contributed by atoms with Crippen LogP contribution in [0.4, 0.5) is 5.69 Å². The number of carbonyl (C=O) groups excluding carboxylic acids is 2. The summed E-state index contributed by atoms with van der Waals surface area (Å²) in [6.07, 6.45) is 1.30. The van der Waals surface area contributed by atoms with Crippen molar-refractivity contribution in [2.45, 2.75) is 40.2 Å². The first-order chi connectivity index (χ1) is 12.0. The average Bonchev–Trinajstić information content (AvgIpc) is 2.90. The van der Waals surface area contributed by atoms with Gasteiger partial charge in [0.1, 0.15) is 0 Å². The third-order valence-electron chi connectivity index (χ3n) is 4.67.